The summed E-state index contributed by atoms with van der Waals surface area (Å²) in [6.45, 7) is 0. The Morgan fingerprint density at radius 3 is 2.05 bits per heavy atom. The highest BCUT2D eigenvalue weighted by Gasteiger charge is 2.01. The van der Waals surface area contributed by atoms with Crippen LogP contribution in [0.4, 0.5) is 4.39 Å². The number of aromatic nitrogens is 2. The third-order valence-electron chi connectivity index (χ3n) is 2.72. The number of ether oxygens (including phenoxy) is 1. The van der Waals surface area contributed by atoms with Crippen molar-refractivity contribution in [3.8, 4) is 22.8 Å². The summed E-state index contributed by atoms with van der Waals surface area (Å²) in [5.41, 5.74) is 1.98. The van der Waals surface area contributed by atoms with Crippen LogP contribution in [0.2, 0.25) is 0 Å². The first-order chi connectivity index (χ1) is 9.31. The van der Waals surface area contributed by atoms with Crippen LogP contribution >= 0.6 is 0 Å². The van der Waals surface area contributed by atoms with Crippen LogP contribution in [0.3, 0.4) is 0 Å². The number of hydrogen-bond donors (Lipinski definition) is 1. The molecule has 4 heteroatoms. The third kappa shape index (κ3) is 2.63. The number of halogens is 1. The highest BCUT2D eigenvalue weighted by Crippen LogP contribution is 2.24. The molecule has 0 saturated carbocycles. The van der Waals surface area contributed by atoms with Gasteiger partial charge in [0.05, 0.1) is 5.69 Å². The van der Waals surface area contributed by atoms with E-state index in [2.05, 4.69) is 10.2 Å². The molecule has 1 aromatic heterocycles. The fourth-order valence-electron chi connectivity index (χ4n) is 1.76. The highest BCUT2D eigenvalue weighted by atomic mass is 19.1. The van der Waals surface area contributed by atoms with Crippen molar-refractivity contribution >= 4 is 0 Å². The Labute approximate surface area is 109 Å². The number of rotatable bonds is 3. The summed E-state index contributed by atoms with van der Waals surface area (Å²) in [6.07, 6.45) is 1.71. The fourth-order valence-corrected chi connectivity index (χ4v) is 1.76. The van der Waals surface area contributed by atoms with Crippen LogP contribution in [-0.4, -0.2) is 10.2 Å². The average Bonchev–Trinajstić information content (AvgIpc) is 2.96. The first-order valence-electron chi connectivity index (χ1n) is 5.84. The quantitative estimate of drug-likeness (QED) is 0.766. The summed E-state index contributed by atoms with van der Waals surface area (Å²) in [5.74, 6) is 1.03. The van der Waals surface area contributed by atoms with Gasteiger partial charge >= 0.3 is 0 Å². The maximum Gasteiger partial charge on any atom is 0.127 e. The molecule has 1 N–H and O–H groups in total. The van der Waals surface area contributed by atoms with Crippen molar-refractivity contribution in [3.05, 3.63) is 66.6 Å². The Morgan fingerprint density at radius 2 is 1.47 bits per heavy atom. The molecule has 2 aromatic carbocycles. The lowest BCUT2D eigenvalue weighted by Crippen LogP contribution is -1.85. The average molecular weight is 254 g/mol. The molecule has 3 rings (SSSR count). The van der Waals surface area contributed by atoms with Crippen LogP contribution in [-0.2, 0) is 0 Å². The molecule has 0 saturated heterocycles. The summed E-state index contributed by atoms with van der Waals surface area (Å²) < 4.78 is 18.4. The molecular weight excluding hydrogens is 243 g/mol. The molecule has 1 heterocycles. The normalized spacial score (nSPS) is 10.4. The van der Waals surface area contributed by atoms with Gasteiger partial charge in [0.15, 0.2) is 0 Å². The van der Waals surface area contributed by atoms with Crippen molar-refractivity contribution in [2.24, 2.45) is 0 Å². The molecular formula is C15H11FN2O. The molecule has 0 bridgehead atoms. The van der Waals surface area contributed by atoms with E-state index in [0.29, 0.717) is 11.5 Å². The smallest absolute Gasteiger partial charge is 0.127 e. The minimum absolute atomic E-state index is 0.276. The molecule has 0 amide bonds. The maximum absolute atomic E-state index is 12.8. The van der Waals surface area contributed by atoms with Crippen LogP contribution in [0, 0.1) is 5.82 Å². The Hall–Kier alpha value is -2.62. The second-order valence-electron chi connectivity index (χ2n) is 4.05. The molecule has 94 valence electrons. The van der Waals surface area contributed by atoms with E-state index < -0.39 is 0 Å². The minimum Gasteiger partial charge on any atom is -0.457 e. The molecule has 0 fully saturated rings. The Balaban J connectivity index is 1.77. The second-order valence-corrected chi connectivity index (χ2v) is 4.05. The maximum atomic E-state index is 12.8. The van der Waals surface area contributed by atoms with Crippen LogP contribution in [0.5, 0.6) is 11.5 Å². The van der Waals surface area contributed by atoms with Gasteiger partial charge in [-0.3, -0.25) is 5.10 Å². The van der Waals surface area contributed by atoms with Gasteiger partial charge < -0.3 is 4.74 Å². The van der Waals surface area contributed by atoms with Crippen LogP contribution < -0.4 is 4.74 Å². The van der Waals surface area contributed by atoms with Gasteiger partial charge in [-0.1, -0.05) is 0 Å². The van der Waals surface area contributed by atoms with E-state index in [4.69, 9.17) is 4.74 Å². The van der Waals surface area contributed by atoms with Gasteiger partial charge in [0.2, 0.25) is 0 Å². The van der Waals surface area contributed by atoms with E-state index in [1.165, 1.54) is 12.1 Å². The van der Waals surface area contributed by atoms with Gasteiger partial charge in [0, 0.05) is 6.20 Å². The largest absolute Gasteiger partial charge is 0.457 e. The standard InChI is InChI=1S/C15H11FN2O/c16-12-3-7-14(8-4-12)19-13-5-1-11(2-6-13)15-9-10-17-18-15/h1-10H,(H,17,18). The number of benzene rings is 2. The predicted molar refractivity (Wildman–Crippen MR) is 70.5 cm³/mol. The first kappa shape index (κ1) is 11.5. The molecule has 0 aliphatic carbocycles. The number of aromatic amines is 1. The zero-order valence-electron chi connectivity index (χ0n) is 10.0. The summed E-state index contributed by atoms with van der Waals surface area (Å²) in [4.78, 5) is 0. The van der Waals surface area contributed by atoms with Crippen molar-refractivity contribution in [3.63, 3.8) is 0 Å². The van der Waals surface area contributed by atoms with Crippen molar-refractivity contribution in [2.45, 2.75) is 0 Å². The van der Waals surface area contributed by atoms with Crippen molar-refractivity contribution in [1.82, 2.24) is 10.2 Å². The Morgan fingerprint density at radius 1 is 0.842 bits per heavy atom. The number of hydrogen-bond acceptors (Lipinski definition) is 2. The second kappa shape index (κ2) is 4.94. The molecule has 0 unspecified atom stereocenters. The fraction of sp³-hybridized carbons (Fsp3) is 0. The summed E-state index contributed by atoms with van der Waals surface area (Å²) in [5, 5.41) is 6.80. The Kier molecular flexibility index (Phi) is 2.98. The van der Waals surface area contributed by atoms with E-state index in [1.807, 2.05) is 30.3 Å². The third-order valence-corrected chi connectivity index (χ3v) is 2.72. The van der Waals surface area contributed by atoms with Crippen LogP contribution in [0.15, 0.2) is 60.8 Å². The van der Waals surface area contributed by atoms with E-state index in [1.54, 1.807) is 18.3 Å². The monoisotopic (exact) mass is 254 g/mol. The lowest BCUT2D eigenvalue weighted by Gasteiger charge is -2.06. The van der Waals surface area contributed by atoms with E-state index in [-0.39, 0.29) is 5.82 Å². The first-order valence-corrected chi connectivity index (χ1v) is 5.84. The van der Waals surface area contributed by atoms with Crippen molar-refractivity contribution < 1.29 is 9.13 Å². The van der Waals surface area contributed by atoms with Crippen molar-refractivity contribution in [1.29, 1.82) is 0 Å². The molecule has 0 radical (unpaired) electrons. The summed E-state index contributed by atoms with van der Waals surface area (Å²) in [7, 11) is 0. The van der Waals surface area contributed by atoms with Gasteiger partial charge in [-0.25, -0.2) is 4.39 Å². The topological polar surface area (TPSA) is 37.9 Å². The molecule has 3 aromatic rings. The number of nitrogens with zero attached hydrogens (tertiary/aromatic N) is 1. The summed E-state index contributed by atoms with van der Waals surface area (Å²) >= 11 is 0. The van der Waals surface area contributed by atoms with E-state index in [0.717, 1.165) is 11.3 Å². The minimum atomic E-state index is -0.276. The number of nitrogens with one attached hydrogen (secondary N) is 1. The summed E-state index contributed by atoms with van der Waals surface area (Å²) in [6, 6.07) is 15.4. The van der Waals surface area contributed by atoms with Crippen molar-refractivity contribution in [2.75, 3.05) is 0 Å². The highest BCUT2D eigenvalue weighted by molar-refractivity contribution is 5.59. The van der Waals surface area contributed by atoms with Crippen LogP contribution in [0.25, 0.3) is 11.3 Å². The van der Waals surface area contributed by atoms with Gasteiger partial charge in [-0.2, -0.15) is 5.10 Å². The molecule has 3 nitrogen and oxygen atoms in total. The molecule has 0 aliphatic heterocycles. The van der Waals surface area contributed by atoms with Gasteiger partial charge in [0.25, 0.3) is 0 Å². The molecule has 0 spiro atoms. The zero-order valence-corrected chi connectivity index (χ0v) is 10.0. The van der Waals surface area contributed by atoms with E-state index >= 15 is 0 Å². The van der Waals surface area contributed by atoms with Gasteiger partial charge in [-0.05, 0) is 60.2 Å². The van der Waals surface area contributed by atoms with Gasteiger partial charge in [-0.15, -0.1) is 0 Å². The van der Waals surface area contributed by atoms with Crippen LogP contribution in [0.1, 0.15) is 0 Å². The zero-order chi connectivity index (χ0) is 13.1. The van der Waals surface area contributed by atoms with E-state index in [9.17, 15) is 4.39 Å². The molecule has 0 aliphatic rings. The lowest BCUT2D eigenvalue weighted by molar-refractivity contribution is 0.480. The Bertz CT molecular complexity index is 646. The molecule has 0 atom stereocenters. The number of H-pyrrole nitrogens is 1. The molecule has 19 heavy (non-hydrogen) atoms. The SMILES string of the molecule is Fc1ccc(Oc2ccc(-c3ccn[nH]3)cc2)cc1. The predicted octanol–water partition coefficient (Wildman–Crippen LogP) is 4.01. The van der Waals surface area contributed by atoms with Gasteiger partial charge in [0.1, 0.15) is 17.3 Å². The lowest BCUT2D eigenvalue weighted by atomic mass is 10.1.